The zero-order chi connectivity index (χ0) is 40.4. The lowest BCUT2D eigenvalue weighted by Gasteiger charge is -2.23. The fourth-order valence-electron chi connectivity index (χ4n) is 9.01. The Kier molecular flexibility index (Phi) is 6.97. The molecule has 0 spiro atoms. The Bertz CT molecular complexity index is 3580. The molecule has 59 heavy (non-hydrogen) atoms. The number of rotatable bonds is 3. The SMILES string of the molecule is Oc1c(O)c(O)c2c(-c3ccc(-c4ccc5oc6ccc7ccccc7c6c5c4)c4ccccc34)c3c(O)c(O)c(O)c(O)c3c(-c3ccc4ccccc4c3)c2c1O. The minimum Gasteiger partial charge on any atom is -0.504 e. The smallest absolute Gasteiger partial charge is 0.204 e. The van der Waals surface area contributed by atoms with E-state index in [2.05, 4.69) is 18.2 Å². The van der Waals surface area contributed by atoms with Crippen LogP contribution in [0.2, 0.25) is 0 Å². The summed E-state index contributed by atoms with van der Waals surface area (Å²) in [6.45, 7) is 0. The number of furan rings is 1. The van der Waals surface area contributed by atoms with Gasteiger partial charge in [-0.05, 0) is 78.8 Å². The summed E-state index contributed by atoms with van der Waals surface area (Å²) in [7, 11) is 0. The second-order valence-corrected chi connectivity index (χ2v) is 14.8. The number of fused-ring (bicyclic) bond motifs is 9. The maximum Gasteiger partial charge on any atom is 0.204 e. The zero-order valence-electron chi connectivity index (χ0n) is 30.7. The summed E-state index contributed by atoms with van der Waals surface area (Å²) in [4.78, 5) is 0. The highest BCUT2D eigenvalue weighted by molar-refractivity contribution is 6.31. The molecule has 1 heterocycles. The first-order chi connectivity index (χ1) is 28.6. The van der Waals surface area contributed by atoms with Crippen molar-refractivity contribution in [3.63, 3.8) is 0 Å². The number of phenols is 8. The van der Waals surface area contributed by atoms with E-state index in [1.54, 1.807) is 24.3 Å². The molecular formula is C50H30O9. The van der Waals surface area contributed by atoms with Crippen molar-refractivity contribution in [1.82, 2.24) is 0 Å². The zero-order valence-corrected chi connectivity index (χ0v) is 30.7. The van der Waals surface area contributed by atoms with Crippen LogP contribution in [0.3, 0.4) is 0 Å². The summed E-state index contributed by atoms with van der Waals surface area (Å²) < 4.78 is 6.27. The number of phenolic OH excluding ortho intramolecular Hbond substituents is 8. The van der Waals surface area contributed by atoms with Crippen LogP contribution in [-0.4, -0.2) is 40.9 Å². The number of benzene rings is 10. The number of hydrogen-bond donors (Lipinski definition) is 8. The van der Waals surface area contributed by atoms with Crippen molar-refractivity contribution >= 4 is 75.8 Å². The molecule has 0 saturated heterocycles. The highest BCUT2D eigenvalue weighted by atomic mass is 16.4. The van der Waals surface area contributed by atoms with Gasteiger partial charge in [0.25, 0.3) is 0 Å². The van der Waals surface area contributed by atoms with Crippen molar-refractivity contribution in [3.05, 3.63) is 133 Å². The molecule has 0 fully saturated rings. The predicted molar refractivity (Wildman–Crippen MR) is 231 cm³/mol. The van der Waals surface area contributed by atoms with Crippen molar-refractivity contribution in [1.29, 1.82) is 0 Å². The summed E-state index contributed by atoms with van der Waals surface area (Å²) >= 11 is 0. The summed E-state index contributed by atoms with van der Waals surface area (Å²) in [5, 5.41) is 97.7. The molecule has 11 aromatic rings. The minimum atomic E-state index is -1.03. The molecule has 8 N–H and O–H groups in total. The molecular weight excluding hydrogens is 745 g/mol. The Morgan fingerprint density at radius 3 is 1.41 bits per heavy atom. The van der Waals surface area contributed by atoms with Crippen LogP contribution in [0.25, 0.3) is 109 Å². The van der Waals surface area contributed by atoms with E-state index in [0.717, 1.165) is 60.0 Å². The molecule has 284 valence electrons. The lowest BCUT2D eigenvalue weighted by molar-refractivity contribution is 0.350. The molecule has 0 aliphatic carbocycles. The van der Waals surface area contributed by atoms with Gasteiger partial charge in [0, 0.05) is 43.4 Å². The molecule has 1 aromatic heterocycles. The van der Waals surface area contributed by atoms with Gasteiger partial charge in [-0.25, -0.2) is 0 Å². The van der Waals surface area contributed by atoms with Gasteiger partial charge < -0.3 is 45.3 Å². The van der Waals surface area contributed by atoms with Gasteiger partial charge in [0.1, 0.15) is 11.2 Å². The van der Waals surface area contributed by atoms with Gasteiger partial charge in [-0.2, -0.15) is 0 Å². The molecule has 0 bridgehead atoms. The van der Waals surface area contributed by atoms with Crippen LogP contribution in [-0.2, 0) is 0 Å². The van der Waals surface area contributed by atoms with Gasteiger partial charge in [-0.1, -0.05) is 109 Å². The monoisotopic (exact) mass is 774 g/mol. The van der Waals surface area contributed by atoms with E-state index in [4.69, 9.17) is 4.42 Å². The van der Waals surface area contributed by atoms with Gasteiger partial charge in [0.2, 0.25) is 23.0 Å². The standard InChI is InChI=1S/C50H30O9/c51-43-39-36(27-14-13-23-7-1-2-9-25(23)21-27)40-42(46(54)50(58)48(56)44(40)52)38(41(39)45(53)49(57)47(43)55)32-18-17-28(30-11-5-6-12-31(30)32)26-16-19-34-33(22-26)37-29-10-4-3-8-24(29)15-20-35(37)59-34/h1-22,51-58H. The van der Waals surface area contributed by atoms with E-state index in [1.807, 2.05) is 91.0 Å². The van der Waals surface area contributed by atoms with Gasteiger partial charge in [0.05, 0.1) is 0 Å². The highest BCUT2D eigenvalue weighted by Gasteiger charge is 2.33. The Labute approximate surface area is 333 Å². The van der Waals surface area contributed by atoms with E-state index in [-0.39, 0.29) is 32.7 Å². The fourth-order valence-corrected chi connectivity index (χ4v) is 9.01. The maximum absolute atomic E-state index is 11.9. The third-order valence-electron chi connectivity index (χ3n) is 11.7. The Balaban J connectivity index is 1.27. The van der Waals surface area contributed by atoms with Crippen LogP contribution >= 0.6 is 0 Å². The molecule has 0 saturated carbocycles. The quantitative estimate of drug-likeness (QED) is 0.0493. The minimum absolute atomic E-state index is 0.00945. The fraction of sp³-hybridized carbons (Fsp3) is 0. The second kappa shape index (κ2) is 12.1. The number of hydrogen-bond acceptors (Lipinski definition) is 9. The van der Waals surface area contributed by atoms with Gasteiger partial charge in [-0.3, -0.25) is 0 Å². The number of aromatic hydroxyl groups is 8. The van der Waals surface area contributed by atoms with Gasteiger partial charge in [-0.15, -0.1) is 0 Å². The molecule has 0 aliphatic heterocycles. The van der Waals surface area contributed by atoms with Crippen molar-refractivity contribution in [2.45, 2.75) is 0 Å². The van der Waals surface area contributed by atoms with E-state index in [0.29, 0.717) is 16.5 Å². The van der Waals surface area contributed by atoms with Crippen LogP contribution < -0.4 is 0 Å². The van der Waals surface area contributed by atoms with Gasteiger partial charge >= 0.3 is 0 Å². The summed E-state index contributed by atoms with van der Waals surface area (Å²) in [5.41, 5.74) is 3.84. The van der Waals surface area contributed by atoms with Crippen molar-refractivity contribution in [2.75, 3.05) is 0 Å². The average Bonchev–Trinajstić information content (AvgIpc) is 3.66. The van der Waals surface area contributed by atoms with Crippen molar-refractivity contribution < 1.29 is 45.3 Å². The van der Waals surface area contributed by atoms with Crippen LogP contribution in [0.15, 0.2) is 138 Å². The van der Waals surface area contributed by atoms with E-state index in [9.17, 15) is 40.9 Å². The van der Waals surface area contributed by atoms with Crippen LogP contribution in [0, 0.1) is 0 Å². The van der Waals surface area contributed by atoms with E-state index >= 15 is 0 Å². The summed E-state index contributed by atoms with van der Waals surface area (Å²) in [6.07, 6.45) is 0. The topological polar surface area (TPSA) is 175 Å². The van der Waals surface area contributed by atoms with Crippen molar-refractivity contribution in [3.8, 4) is 79.4 Å². The van der Waals surface area contributed by atoms with E-state index < -0.39 is 46.0 Å². The summed E-state index contributed by atoms with van der Waals surface area (Å²) in [5.74, 6) is -7.43. The average molecular weight is 775 g/mol. The first kappa shape index (κ1) is 34.0. The third kappa shape index (κ3) is 4.61. The first-order valence-electron chi connectivity index (χ1n) is 18.7. The molecule has 0 amide bonds. The molecule has 0 radical (unpaired) electrons. The second-order valence-electron chi connectivity index (χ2n) is 14.8. The Hall–Kier alpha value is -8.30. The lowest BCUT2D eigenvalue weighted by atomic mass is 9.81. The van der Waals surface area contributed by atoms with Gasteiger partial charge in [0.15, 0.2) is 23.0 Å². The van der Waals surface area contributed by atoms with E-state index in [1.165, 1.54) is 0 Å². The maximum atomic E-state index is 11.9. The van der Waals surface area contributed by atoms with Crippen LogP contribution in [0.5, 0.6) is 46.0 Å². The Morgan fingerprint density at radius 2 is 0.763 bits per heavy atom. The highest BCUT2D eigenvalue weighted by Crippen LogP contribution is 2.62. The normalized spacial score (nSPS) is 11.9. The molecule has 10 aromatic carbocycles. The molecule has 0 atom stereocenters. The van der Waals surface area contributed by atoms with Crippen LogP contribution in [0.1, 0.15) is 0 Å². The molecule has 0 unspecified atom stereocenters. The molecule has 9 heteroatoms. The Morgan fingerprint density at radius 1 is 0.288 bits per heavy atom. The predicted octanol–water partition coefficient (Wildman–Crippen LogP) is 12.0. The van der Waals surface area contributed by atoms with Crippen LogP contribution in [0.4, 0.5) is 0 Å². The first-order valence-corrected chi connectivity index (χ1v) is 18.7. The molecule has 0 aliphatic rings. The van der Waals surface area contributed by atoms with Crippen molar-refractivity contribution in [2.24, 2.45) is 0 Å². The largest absolute Gasteiger partial charge is 0.504 e. The molecule has 9 nitrogen and oxygen atoms in total. The lowest BCUT2D eigenvalue weighted by Crippen LogP contribution is -1.95. The summed E-state index contributed by atoms with van der Waals surface area (Å²) in [6, 6.07) is 41.8. The molecule has 11 rings (SSSR count). The third-order valence-corrected chi connectivity index (χ3v) is 11.7.